The van der Waals surface area contributed by atoms with E-state index in [4.69, 9.17) is 15.7 Å². The molecule has 0 atom stereocenters. The van der Waals surface area contributed by atoms with Crippen LogP contribution in [-0.2, 0) is 9.53 Å². The van der Waals surface area contributed by atoms with Gasteiger partial charge in [0.1, 0.15) is 11.6 Å². The second-order valence-corrected chi connectivity index (χ2v) is 4.31. The lowest BCUT2D eigenvalue weighted by atomic mass is 10.2. The first-order valence-electron chi connectivity index (χ1n) is 6.30. The summed E-state index contributed by atoms with van der Waals surface area (Å²) < 4.78 is 5.24. The van der Waals surface area contributed by atoms with Crippen molar-refractivity contribution in [2.75, 3.05) is 39.4 Å². The van der Waals surface area contributed by atoms with Crippen LogP contribution in [0.5, 0.6) is 0 Å². The Kier molecular flexibility index (Phi) is 6.49. The number of ether oxygens (including phenoxy) is 1. The van der Waals surface area contributed by atoms with E-state index in [1.165, 1.54) is 0 Å². The SMILES string of the molecule is CC(NCCN1CCOCC1)=C(C#N)C(=O)NC(N)=O. The standard InChI is InChI=1S/C12H19N5O3/c1-9(10(8-13)11(18)16-12(14)19)15-2-3-17-4-6-20-7-5-17/h15H,2-7H2,1H3,(H3,14,16,18,19). The summed E-state index contributed by atoms with van der Waals surface area (Å²) >= 11 is 0. The molecule has 0 aliphatic carbocycles. The van der Waals surface area contributed by atoms with E-state index in [9.17, 15) is 9.59 Å². The largest absolute Gasteiger partial charge is 0.386 e. The molecule has 3 amide bonds. The van der Waals surface area contributed by atoms with Crippen molar-refractivity contribution in [1.29, 1.82) is 5.26 Å². The number of morpholine rings is 1. The van der Waals surface area contributed by atoms with Crippen molar-refractivity contribution in [3.8, 4) is 6.07 Å². The zero-order valence-corrected chi connectivity index (χ0v) is 11.4. The van der Waals surface area contributed by atoms with Crippen molar-refractivity contribution in [2.45, 2.75) is 6.92 Å². The van der Waals surface area contributed by atoms with Gasteiger partial charge in [0.2, 0.25) is 0 Å². The molecule has 0 unspecified atom stereocenters. The van der Waals surface area contributed by atoms with Crippen molar-refractivity contribution < 1.29 is 14.3 Å². The number of nitriles is 1. The molecule has 1 aliphatic rings. The molecule has 20 heavy (non-hydrogen) atoms. The fraction of sp³-hybridized carbons (Fsp3) is 0.583. The Hall–Kier alpha value is -2.11. The van der Waals surface area contributed by atoms with Crippen LogP contribution >= 0.6 is 0 Å². The first-order valence-corrected chi connectivity index (χ1v) is 6.30. The minimum absolute atomic E-state index is 0.147. The molecule has 1 heterocycles. The van der Waals surface area contributed by atoms with Crippen LogP contribution in [0.15, 0.2) is 11.3 Å². The van der Waals surface area contributed by atoms with Crippen LogP contribution in [0.25, 0.3) is 0 Å². The number of amides is 3. The van der Waals surface area contributed by atoms with Gasteiger partial charge in [-0.3, -0.25) is 15.0 Å². The maximum Gasteiger partial charge on any atom is 0.319 e. The molecule has 110 valence electrons. The van der Waals surface area contributed by atoms with E-state index in [0.29, 0.717) is 12.2 Å². The van der Waals surface area contributed by atoms with Crippen molar-refractivity contribution in [1.82, 2.24) is 15.5 Å². The Bertz CT molecular complexity index is 435. The van der Waals surface area contributed by atoms with E-state index < -0.39 is 11.9 Å². The Morgan fingerprint density at radius 3 is 2.60 bits per heavy atom. The lowest BCUT2D eigenvalue weighted by Crippen LogP contribution is -2.40. The number of carbonyl (C=O) groups is 2. The van der Waals surface area contributed by atoms with Gasteiger partial charge in [-0.25, -0.2) is 4.79 Å². The Morgan fingerprint density at radius 1 is 1.40 bits per heavy atom. The van der Waals surface area contributed by atoms with Crippen molar-refractivity contribution in [3.05, 3.63) is 11.3 Å². The highest BCUT2D eigenvalue weighted by Crippen LogP contribution is 2.01. The molecular formula is C12H19N5O3. The maximum atomic E-state index is 11.5. The summed E-state index contributed by atoms with van der Waals surface area (Å²) in [5, 5.41) is 13.8. The molecule has 1 fully saturated rings. The van der Waals surface area contributed by atoms with Crippen LogP contribution in [0.4, 0.5) is 4.79 Å². The first-order chi connectivity index (χ1) is 9.54. The van der Waals surface area contributed by atoms with Crippen LogP contribution in [0.3, 0.4) is 0 Å². The third-order valence-corrected chi connectivity index (χ3v) is 2.87. The number of rotatable bonds is 5. The van der Waals surface area contributed by atoms with Crippen LogP contribution in [0, 0.1) is 11.3 Å². The number of carbonyl (C=O) groups excluding carboxylic acids is 2. The number of imide groups is 1. The van der Waals surface area contributed by atoms with E-state index >= 15 is 0 Å². The summed E-state index contributed by atoms with van der Waals surface area (Å²) in [4.78, 5) is 24.3. The second-order valence-electron chi connectivity index (χ2n) is 4.31. The Morgan fingerprint density at radius 2 is 2.05 bits per heavy atom. The summed E-state index contributed by atoms with van der Waals surface area (Å²) in [6.45, 7) is 6.18. The zero-order chi connectivity index (χ0) is 15.0. The maximum absolute atomic E-state index is 11.5. The van der Waals surface area contributed by atoms with Gasteiger partial charge in [-0.1, -0.05) is 0 Å². The van der Waals surface area contributed by atoms with Gasteiger partial charge in [0.05, 0.1) is 13.2 Å². The molecule has 0 bridgehead atoms. The fourth-order valence-corrected chi connectivity index (χ4v) is 1.79. The van der Waals surface area contributed by atoms with E-state index in [1.807, 2.05) is 5.32 Å². The molecule has 1 rings (SSSR count). The summed E-state index contributed by atoms with van der Waals surface area (Å²) in [5.41, 5.74) is 5.11. The number of urea groups is 1. The number of allylic oxidation sites excluding steroid dienone is 1. The number of nitrogens with two attached hydrogens (primary N) is 1. The smallest absolute Gasteiger partial charge is 0.319 e. The molecule has 0 aromatic rings. The van der Waals surface area contributed by atoms with Crippen molar-refractivity contribution >= 4 is 11.9 Å². The van der Waals surface area contributed by atoms with Crippen LogP contribution in [0.2, 0.25) is 0 Å². The van der Waals surface area contributed by atoms with Crippen LogP contribution in [-0.4, -0.2) is 56.2 Å². The van der Waals surface area contributed by atoms with Gasteiger partial charge in [-0.15, -0.1) is 0 Å². The van der Waals surface area contributed by atoms with Gasteiger partial charge in [-0.05, 0) is 6.92 Å². The highest BCUT2D eigenvalue weighted by Gasteiger charge is 2.15. The molecule has 4 N–H and O–H groups in total. The molecule has 1 saturated heterocycles. The van der Waals surface area contributed by atoms with Gasteiger partial charge in [0, 0.05) is 31.9 Å². The lowest BCUT2D eigenvalue weighted by Gasteiger charge is -2.26. The average molecular weight is 281 g/mol. The molecule has 8 heteroatoms. The van der Waals surface area contributed by atoms with Gasteiger partial charge < -0.3 is 15.8 Å². The predicted molar refractivity (Wildman–Crippen MR) is 71.3 cm³/mol. The van der Waals surface area contributed by atoms with Gasteiger partial charge >= 0.3 is 6.03 Å². The lowest BCUT2D eigenvalue weighted by molar-refractivity contribution is -0.116. The summed E-state index contributed by atoms with van der Waals surface area (Å²) in [5.74, 6) is -0.795. The topological polar surface area (TPSA) is 120 Å². The Labute approximate surface area is 117 Å². The van der Waals surface area contributed by atoms with Gasteiger partial charge in [0.25, 0.3) is 5.91 Å². The summed E-state index contributed by atoms with van der Waals surface area (Å²) in [6.07, 6.45) is 0. The van der Waals surface area contributed by atoms with E-state index in [-0.39, 0.29) is 5.57 Å². The number of hydrogen-bond acceptors (Lipinski definition) is 6. The van der Waals surface area contributed by atoms with Crippen LogP contribution in [0.1, 0.15) is 6.92 Å². The minimum Gasteiger partial charge on any atom is -0.386 e. The van der Waals surface area contributed by atoms with E-state index in [1.54, 1.807) is 13.0 Å². The van der Waals surface area contributed by atoms with Gasteiger partial charge in [-0.2, -0.15) is 5.26 Å². The number of nitrogens with one attached hydrogen (secondary N) is 2. The number of primary amides is 1. The first kappa shape index (κ1) is 15.9. The predicted octanol–water partition coefficient (Wildman–Crippen LogP) is -1.10. The molecular weight excluding hydrogens is 262 g/mol. The Balaban J connectivity index is 2.46. The number of nitrogens with zero attached hydrogens (tertiary/aromatic N) is 2. The highest BCUT2D eigenvalue weighted by molar-refractivity contribution is 6.06. The molecule has 0 aromatic carbocycles. The normalized spacial score (nSPS) is 16.8. The van der Waals surface area contributed by atoms with E-state index in [0.717, 1.165) is 32.8 Å². The zero-order valence-electron chi connectivity index (χ0n) is 11.4. The molecule has 0 saturated carbocycles. The monoisotopic (exact) mass is 281 g/mol. The molecule has 0 aromatic heterocycles. The highest BCUT2D eigenvalue weighted by atomic mass is 16.5. The molecule has 0 radical (unpaired) electrons. The summed E-state index contributed by atoms with van der Waals surface area (Å²) in [6, 6.07) is 0.777. The molecule has 1 aliphatic heterocycles. The fourth-order valence-electron chi connectivity index (χ4n) is 1.79. The quantitative estimate of drug-likeness (QED) is 0.434. The third-order valence-electron chi connectivity index (χ3n) is 2.87. The van der Waals surface area contributed by atoms with Crippen molar-refractivity contribution in [3.63, 3.8) is 0 Å². The van der Waals surface area contributed by atoms with Crippen molar-refractivity contribution in [2.24, 2.45) is 5.73 Å². The molecule has 0 spiro atoms. The van der Waals surface area contributed by atoms with E-state index in [2.05, 4.69) is 10.2 Å². The minimum atomic E-state index is -0.983. The van der Waals surface area contributed by atoms with Gasteiger partial charge in [0.15, 0.2) is 0 Å². The second kappa shape index (κ2) is 8.14. The summed E-state index contributed by atoms with van der Waals surface area (Å²) in [7, 11) is 0. The molecule has 8 nitrogen and oxygen atoms in total. The third kappa shape index (κ3) is 5.26. The van der Waals surface area contributed by atoms with Crippen LogP contribution < -0.4 is 16.4 Å². The number of hydrogen-bond donors (Lipinski definition) is 3. The average Bonchev–Trinajstić information content (AvgIpc) is 2.40.